The highest BCUT2D eigenvalue weighted by Gasteiger charge is 2.54. The fourth-order valence-corrected chi connectivity index (χ4v) is 6.03. The molecule has 3 N–H and O–H groups in total. The summed E-state index contributed by atoms with van der Waals surface area (Å²) in [5.41, 5.74) is 3.76. The zero-order chi connectivity index (χ0) is 23.5. The lowest BCUT2D eigenvalue weighted by molar-refractivity contribution is -0.139. The Balaban J connectivity index is 1.67. The molecule has 0 heterocycles. The van der Waals surface area contributed by atoms with E-state index < -0.39 is 11.4 Å². The van der Waals surface area contributed by atoms with Gasteiger partial charge < -0.3 is 15.7 Å². The van der Waals surface area contributed by atoms with E-state index >= 15 is 0 Å². The average Bonchev–Trinajstić information content (AvgIpc) is 2.72. The third kappa shape index (κ3) is 4.84. The third-order valence-corrected chi connectivity index (χ3v) is 7.86. The lowest BCUT2D eigenvalue weighted by Crippen LogP contribution is -2.55. The van der Waals surface area contributed by atoms with Crippen molar-refractivity contribution in [2.45, 2.75) is 84.0 Å². The minimum absolute atomic E-state index is 0.0123. The first kappa shape index (κ1) is 24.3. The highest BCUT2D eigenvalue weighted by atomic mass is 16.4. The second kappa shape index (κ2) is 9.63. The van der Waals surface area contributed by atoms with Gasteiger partial charge in [-0.1, -0.05) is 52.3 Å². The summed E-state index contributed by atoms with van der Waals surface area (Å²) in [6.45, 7) is 9.27. The van der Waals surface area contributed by atoms with Gasteiger partial charge in [-0.2, -0.15) is 0 Å². The van der Waals surface area contributed by atoms with Gasteiger partial charge in [0.25, 0.3) is 0 Å². The summed E-state index contributed by atoms with van der Waals surface area (Å²) in [7, 11) is 0. The maximum absolute atomic E-state index is 13.3. The van der Waals surface area contributed by atoms with Crippen LogP contribution >= 0.6 is 0 Å². The van der Waals surface area contributed by atoms with Gasteiger partial charge >= 0.3 is 5.97 Å². The molecule has 3 rings (SSSR count). The molecule has 0 saturated heterocycles. The molecule has 176 valence electrons. The maximum atomic E-state index is 13.3. The van der Waals surface area contributed by atoms with Crippen molar-refractivity contribution in [1.29, 1.82) is 0 Å². The number of hydrogen-bond donors (Lipinski definition) is 3. The molecule has 3 atom stereocenters. The number of carboxylic acids is 1. The number of rotatable bonds is 8. The van der Waals surface area contributed by atoms with Crippen LogP contribution in [0.15, 0.2) is 18.2 Å². The molecule has 1 saturated carbocycles. The predicted octanol–water partition coefficient (Wildman–Crippen LogP) is 3.92. The third-order valence-electron chi connectivity index (χ3n) is 7.86. The first-order valence-corrected chi connectivity index (χ1v) is 12.0. The van der Waals surface area contributed by atoms with Gasteiger partial charge in [0.2, 0.25) is 11.8 Å². The fourth-order valence-electron chi connectivity index (χ4n) is 6.03. The van der Waals surface area contributed by atoms with E-state index in [4.69, 9.17) is 5.11 Å². The van der Waals surface area contributed by atoms with Gasteiger partial charge in [-0.25, -0.2) is 0 Å². The SMILES string of the molecule is CC(C)c1ccc2c(c1)CC[C@H]1[C@](C)(C(=O)NCCC(=O)NCCC(=O)O)CCC[C@]21C. The zero-order valence-corrected chi connectivity index (χ0v) is 19.9. The Morgan fingerprint density at radius 3 is 2.50 bits per heavy atom. The molecular formula is C26H38N2O4. The minimum atomic E-state index is -0.943. The Hall–Kier alpha value is -2.37. The largest absolute Gasteiger partial charge is 0.481 e. The maximum Gasteiger partial charge on any atom is 0.305 e. The number of aryl methyl sites for hydroxylation is 1. The molecule has 0 spiro atoms. The molecule has 2 aliphatic carbocycles. The Morgan fingerprint density at radius 1 is 1.09 bits per heavy atom. The van der Waals surface area contributed by atoms with Crippen molar-refractivity contribution in [3.8, 4) is 0 Å². The lowest BCUT2D eigenvalue weighted by atomic mass is 9.49. The zero-order valence-electron chi connectivity index (χ0n) is 19.9. The summed E-state index contributed by atoms with van der Waals surface area (Å²) >= 11 is 0. The normalized spacial score (nSPS) is 26.7. The van der Waals surface area contributed by atoms with Crippen molar-refractivity contribution in [1.82, 2.24) is 10.6 Å². The molecular weight excluding hydrogens is 404 g/mol. The molecule has 1 fully saturated rings. The average molecular weight is 443 g/mol. The Labute approximate surface area is 191 Å². The first-order chi connectivity index (χ1) is 15.1. The van der Waals surface area contributed by atoms with E-state index in [1.165, 1.54) is 16.7 Å². The Bertz CT molecular complexity index is 881. The van der Waals surface area contributed by atoms with E-state index in [1.54, 1.807) is 0 Å². The van der Waals surface area contributed by atoms with Crippen LogP contribution in [0.3, 0.4) is 0 Å². The van der Waals surface area contributed by atoms with Crippen LogP contribution in [0.5, 0.6) is 0 Å². The van der Waals surface area contributed by atoms with Gasteiger partial charge in [0, 0.05) is 19.5 Å². The molecule has 2 amide bonds. The number of amides is 2. The quantitative estimate of drug-likeness (QED) is 0.569. The Morgan fingerprint density at radius 2 is 1.81 bits per heavy atom. The lowest BCUT2D eigenvalue weighted by Gasteiger charge is -2.54. The minimum Gasteiger partial charge on any atom is -0.481 e. The number of aliphatic carboxylic acids is 1. The van der Waals surface area contributed by atoms with Crippen LogP contribution < -0.4 is 10.6 Å². The van der Waals surface area contributed by atoms with Gasteiger partial charge in [0.1, 0.15) is 0 Å². The summed E-state index contributed by atoms with van der Waals surface area (Å²) in [5.74, 6) is -0.367. The number of carboxylic acid groups (broad SMARTS) is 1. The van der Waals surface area contributed by atoms with Gasteiger partial charge in [-0.05, 0) is 59.6 Å². The monoisotopic (exact) mass is 442 g/mol. The van der Waals surface area contributed by atoms with Gasteiger partial charge in [-0.3, -0.25) is 14.4 Å². The van der Waals surface area contributed by atoms with Gasteiger partial charge in [0.05, 0.1) is 11.8 Å². The van der Waals surface area contributed by atoms with Crippen molar-refractivity contribution in [2.24, 2.45) is 11.3 Å². The second-order valence-electron chi connectivity index (χ2n) is 10.4. The highest BCUT2D eigenvalue weighted by Crippen LogP contribution is 2.57. The molecule has 1 aromatic rings. The van der Waals surface area contributed by atoms with Crippen LogP contribution in [-0.4, -0.2) is 36.0 Å². The second-order valence-corrected chi connectivity index (χ2v) is 10.4. The summed E-state index contributed by atoms with van der Waals surface area (Å²) in [6.07, 6.45) is 5.04. The van der Waals surface area contributed by atoms with Crippen molar-refractivity contribution >= 4 is 17.8 Å². The van der Waals surface area contributed by atoms with E-state index in [9.17, 15) is 14.4 Å². The summed E-state index contributed by atoms with van der Waals surface area (Å²) in [4.78, 5) is 35.8. The predicted molar refractivity (Wildman–Crippen MR) is 125 cm³/mol. The van der Waals surface area contributed by atoms with Crippen LogP contribution in [-0.2, 0) is 26.2 Å². The summed E-state index contributed by atoms with van der Waals surface area (Å²) in [6, 6.07) is 6.94. The van der Waals surface area contributed by atoms with E-state index in [-0.39, 0.29) is 49.1 Å². The van der Waals surface area contributed by atoms with Crippen molar-refractivity contribution < 1.29 is 19.5 Å². The highest BCUT2D eigenvalue weighted by molar-refractivity contribution is 5.84. The van der Waals surface area contributed by atoms with E-state index in [0.29, 0.717) is 5.92 Å². The molecule has 6 heteroatoms. The standard InChI is InChI=1S/C26H38N2O4/c1-17(2)18-6-8-20-19(16-18)7-9-21-25(20,3)12-5-13-26(21,4)24(32)28-14-10-22(29)27-15-11-23(30)31/h6,8,16-17,21H,5,7,9-15H2,1-4H3,(H,27,29)(H,28,32)(H,30,31)/t21-,25-,26-/m1/s1. The van der Waals surface area contributed by atoms with E-state index in [2.05, 4.69) is 56.5 Å². The van der Waals surface area contributed by atoms with Crippen LogP contribution in [0.4, 0.5) is 0 Å². The number of benzene rings is 1. The molecule has 1 aromatic carbocycles. The molecule has 32 heavy (non-hydrogen) atoms. The molecule has 0 aliphatic heterocycles. The Kier molecular flexibility index (Phi) is 7.31. The molecule has 0 radical (unpaired) electrons. The van der Waals surface area contributed by atoms with Crippen LogP contribution in [0, 0.1) is 11.3 Å². The molecule has 0 aromatic heterocycles. The number of nitrogens with one attached hydrogen (secondary N) is 2. The summed E-state index contributed by atoms with van der Waals surface area (Å²) in [5, 5.41) is 14.2. The number of carbonyl (C=O) groups is 3. The van der Waals surface area contributed by atoms with Crippen LogP contribution in [0.2, 0.25) is 0 Å². The van der Waals surface area contributed by atoms with Crippen molar-refractivity contribution in [3.05, 3.63) is 34.9 Å². The van der Waals surface area contributed by atoms with Crippen LogP contribution in [0.25, 0.3) is 0 Å². The number of carbonyl (C=O) groups excluding carboxylic acids is 2. The topological polar surface area (TPSA) is 95.5 Å². The van der Waals surface area contributed by atoms with Gasteiger partial charge in [-0.15, -0.1) is 0 Å². The molecule has 2 aliphatic rings. The molecule has 0 unspecified atom stereocenters. The van der Waals surface area contributed by atoms with Crippen molar-refractivity contribution in [2.75, 3.05) is 13.1 Å². The summed E-state index contributed by atoms with van der Waals surface area (Å²) < 4.78 is 0. The smallest absolute Gasteiger partial charge is 0.305 e. The fraction of sp³-hybridized carbons (Fsp3) is 0.654. The van der Waals surface area contributed by atoms with Gasteiger partial charge in [0.15, 0.2) is 0 Å². The van der Waals surface area contributed by atoms with E-state index in [0.717, 1.165) is 32.1 Å². The molecule has 0 bridgehead atoms. The number of fused-ring (bicyclic) bond motifs is 3. The first-order valence-electron chi connectivity index (χ1n) is 12.0. The van der Waals surface area contributed by atoms with Crippen LogP contribution in [0.1, 0.15) is 88.8 Å². The number of hydrogen-bond acceptors (Lipinski definition) is 3. The van der Waals surface area contributed by atoms with Crippen molar-refractivity contribution in [3.63, 3.8) is 0 Å². The molecule has 6 nitrogen and oxygen atoms in total. The van der Waals surface area contributed by atoms with E-state index in [1.807, 2.05) is 0 Å².